The van der Waals surface area contributed by atoms with E-state index < -0.39 is 6.04 Å². The summed E-state index contributed by atoms with van der Waals surface area (Å²) >= 11 is 0. The molecular weight excluding hydrogens is 426 g/mol. The lowest BCUT2D eigenvalue weighted by molar-refractivity contribution is -0.125. The summed E-state index contributed by atoms with van der Waals surface area (Å²) in [7, 11) is 0. The molecule has 0 spiro atoms. The molecule has 2 aliphatic rings. The van der Waals surface area contributed by atoms with Gasteiger partial charge in [0.25, 0.3) is 11.8 Å². The molecule has 9 heteroatoms. The number of carbonyl (C=O) groups excluding carboxylic acids is 3. The number of fused-ring (bicyclic) bond motifs is 1. The van der Waals surface area contributed by atoms with Crippen molar-refractivity contribution >= 4 is 17.7 Å². The smallest absolute Gasteiger partial charge is 0.289 e. The summed E-state index contributed by atoms with van der Waals surface area (Å²) in [6.45, 7) is 5.01. The molecule has 2 atom stereocenters. The SMILES string of the molecule is CC[C@H](C)NC(=O)[C@@H](NC(=O)c1ccc2c(c1)OCO2)C1CCN(C(=O)c2ccco2)CC1. The van der Waals surface area contributed by atoms with Crippen molar-refractivity contribution in [1.82, 2.24) is 15.5 Å². The van der Waals surface area contributed by atoms with Crippen LogP contribution >= 0.6 is 0 Å². The Labute approximate surface area is 192 Å². The van der Waals surface area contributed by atoms with Crippen molar-refractivity contribution in [2.75, 3.05) is 19.9 Å². The summed E-state index contributed by atoms with van der Waals surface area (Å²) in [5.74, 6) is 0.562. The summed E-state index contributed by atoms with van der Waals surface area (Å²) in [4.78, 5) is 40.4. The number of rotatable bonds is 7. The average molecular weight is 456 g/mol. The topological polar surface area (TPSA) is 110 Å². The maximum Gasteiger partial charge on any atom is 0.289 e. The van der Waals surface area contributed by atoms with E-state index in [4.69, 9.17) is 13.9 Å². The number of amides is 3. The van der Waals surface area contributed by atoms with Crippen LogP contribution in [0.15, 0.2) is 41.0 Å². The zero-order chi connectivity index (χ0) is 23.4. The number of furan rings is 1. The molecule has 1 fully saturated rings. The lowest BCUT2D eigenvalue weighted by atomic mass is 9.88. The fraction of sp³-hybridized carbons (Fsp3) is 0.458. The Bertz CT molecular complexity index is 998. The third kappa shape index (κ3) is 5.13. The number of likely N-dealkylation sites (tertiary alicyclic amines) is 1. The molecular formula is C24H29N3O6. The Morgan fingerprint density at radius 3 is 2.55 bits per heavy atom. The van der Waals surface area contributed by atoms with Crippen LogP contribution < -0.4 is 20.1 Å². The van der Waals surface area contributed by atoms with Gasteiger partial charge in [0, 0.05) is 24.7 Å². The molecule has 3 amide bonds. The zero-order valence-electron chi connectivity index (χ0n) is 18.8. The second-order valence-electron chi connectivity index (χ2n) is 8.44. The van der Waals surface area contributed by atoms with E-state index >= 15 is 0 Å². The van der Waals surface area contributed by atoms with Gasteiger partial charge in [-0.1, -0.05) is 6.92 Å². The fourth-order valence-electron chi connectivity index (χ4n) is 4.09. The summed E-state index contributed by atoms with van der Waals surface area (Å²) < 4.78 is 15.9. The van der Waals surface area contributed by atoms with Crippen LogP contribution in [-0.2, 0) is 4.79 Å². The molecule has 0 unspecified atom stereocenters. The lowest BCUT2D eigenvalue weighted by Crippen LogP contribution is -2.55. The van der Waals surface area contributed by atoms with Gasteiger partial charge in [-0.3, -0.25) is 14.4 Å². The molecule has 1 saturated heterocycles. The molecule has 0 aliphatic carbocycles. The van der Waals surface area contributed by atoms with Crippen molar-refractivity contribution in [2.24, 2.45) is 5.92 Å². The van der Waals surface area contributed by atoms with Crippen LogP contribution in [0.4, 0.5) is 0 Å². The van der Waals surface area contributed by atoms with Gasteiger partial charge in [0.2, 0.25) is 12.7 Å². The standard InChI is InChI=1S/C24H29N3O6/c1-3-15(2)25-23(29)21(26-22(28)17-6-7-18-20(13-17)33-14-32-18)16-8-10-27(11-9-16)24(30)19-5-4-12-31-19/h4-7,12-13,15-16,21H,3,8-11,14H2,1-2H3,(H,25,29)(H,26,28)/t15-,21-/m0/s1. The highest BCUT2D eigenvalue weighted by Crippen LogP contribution is 2.32. The summed E-state index contributed by atoms with van der Waals surface area (Å²) in [5, 5.41) is 5.91. The number of nitrogens with zero attached hydrogens (tertiary/aromatic N) is 1. The first-order valence-electron chi connectivity index (χ1n) is 11.3. The molecule has 2 aliphatic heterocycles. The van der Waals surface area contributed by atoms with Crippen LogP contribution in [-0.4, -0.2) is 54.6 Å². The number of hydrogen-bond donors (Lipinski definition) is 2. The lowest BCUT2D eigenvalue weighted by Gasteiger charge is -2.35. The van der Waals surface area contributed by atoms with Gasteiger partial charge in [-0.05, 0) is 62.4 Å². The molecule has 2 N–H and O–H groups in total. The van der Waals surface area contributed by atoms with Crippen molar-refractivity contribution in [1.29, 1.82) is 0 Å². The van der Waals surface area contributed by atoms with Crippen molar-refractivity contribution < 1.29 is 28.3 Å². The number of carbonyl (C=O) groups is 3. The number of nitrogens with one attached hydrogen (secondary N) is 2. The number of benzene rings is 1. The van der Waals surface area contributed by atoms with Crippen molar-refractivity contribution in [3.05, 3.63) is 47.9 Å². The predicted molar refractivity (Wildman–Crippen MR) is 119 cm³/mol. The zero-order valence-corrected chi connectivity index (χ0v) is 18.8. The normalized spacial score (nSPS) is 17.3. The minimum atomic E-state index is -0.710. The van der Waals surface area contributed by atoms with E-state index in [1.54, 1.807) is 35.2 Å². The fourth-order valence-corrected chi connectivity index (χ4v) is 4.09. The Hall–Kier alpha value is -3.49. The van der Waals surface area contributed by atoms with E-state index in [1.807, 2.05) is 13.8 Å². The van der Waals surface area contributed by atoms with Crippen molar-refractivity contribution in [3.63, 3.8) is 0 Å². The molecule has 0 radical (unpaired) electrons. The average Bonchev–Trinajstić information content (AvgIpc) is 3.53. The molecule has 0 bridgehead atoms. The maximum absolute atomic E-state index is 13.1. The van der Waals surface area contributed by atoms with E-state index in [-0.39, 0.29) is 36.5 Å². The van der Waals surface area contributed by atoms with Crippen LogP contribution in [0.2, 0.25) is 0 Å². The summed E-state index contributed by atoms with van der Waals surface area (Å²) in [6, 6.07) is 7.55. The van der Waals surface area contributed by atoms with Crippen LogP contribution in [0.3, 0.4) is 0 Å². The second kappa shape index (κ2) is 9.97. The number of ether oxygens (including phenoxy) is 2. The second-order valence-corrected chi connectivity index (χ2v) is 8.44. The highest BCUT2D eigenvalue weighted by atomic mass is 16.7. The largest absolute Gasteiger partial charge is 0.459 e. The molecule has 9 nitrogen and oxygen atoms in total. The molecule has 0 saturated carbocycles. The van der Waals surface area contributed by atoms with Crippen LogP contribution in [0, 0.1) is 5.92 Å². The number of hydrogen-bond acceptors (Lipinski definition) is 6. The quantitative estimate of drug-likeness (QED) is 0.664. The van der Waals surface area contributed by atoms with Gasteiger partial charge in [0.15, 0.2) is 17.3 Å². The first kappa shape index (κ1) is 22.7. The highest BCUT2D eigenvalue weighted by molar-refractivity contribution is 5.98. The minimum Gasteiger partial charge on any atom is -0.459 e. The Morgan fingerprint density at radius 2 is 1.85 bits per heavy atom. The van der Waals surface area contributed by atoms with Gasteiger partial charge in [-0.2, -0.15) is 0 Å². The summed E-state index contributed by atoms with van der Waals surface area (Å²) in [6.07, 6.45) is 3.44. The first-order chi connectivity index (χ1) is 16.0. The van der Waals surface area contributed by atoms with Gasteiger partial charge in [-0.15, -0.1) is 0 Å². The molecule has 1 aromatic heterocycles. The number of piperidine rings is 1. The molecule has 2 aromatic rings. The van der Waals surface area contributed by atoms with E-state index in [1.165, 1.54) is 6.26 Å². The van der Waals surface area contributed by atoms with Crippen molar-refractivity contribution in [3.8, 4) is 11.5 Å². The van der Waals surface area contributed by atoms with E-state index in [9.17, 15) is 14.4 Å². The predicted octanol–water partition coefficient (Wildman–Crippen LogP) is 2.57. The van der Waals surface area contributed by atoms with Gasteiger partial charge < -0.3 is 29.4 Å². The van der Waals surface area contributed by atoms with Gasteiger partial charge >= 0.3 is 0 Å². The molecule has 1 aromatic carbocycles. The van der Waals surface area contributed by atoms with E-state index in [0.717, 1.165) is 6.42 Å². The maximum atomic E-state index is 13.1. The Balaban J connectivity index is 1.45. The van der Waals surface area contributed by atoms with Crippen molar-refractivity contribution in [2.45, 2.75) is 45.2 Å². The minimum absolute atomic E-state index is 0.0111. The van der Waals surface area contributed by atoms with E-state index in [0.29, 0.717) is 48.8 Å². The molecule has 33 heavy (non-hydrogen) atoms. The van der Waals surface area contributed by atoms with Crippen LogP contribution in [0.5, 0.6) is 11.5 Å². The Morgan fingerprint density at radius 1 is 1.09 bits per heavy atom. The summed E-state index contributed by atoms with van der Waals surface area (Å²) in [5.41, 5.74) is 0.394. The Kier molecular flexibility index (Phi) is 6.86. The van der Waals surface area contributed by atoms with Gasteiger partial charge in [0.05, 0.1) is 6.26 Å². The first-order valence-corrected chi connectivity index (χ1v) is 11.3. The highest BCUT2D eigenvalue weighted by Gasteiger charge is 2.35. The van der Waals surface area contributed by atoms with Crippen LogP contribution in [0.1, 0.15) is 54.0 Å². The molecule has 4 rings (SSSR count). The monoisotopic (exact) mass is 455 g/mol. The third-order valence-corrected chi connectivity index (χ3v) is 6.24. The van der Waals surface area contributed by atoms with Crippen LogP contribution in [0.25, 0.3) is 0 Å². The third-order valence-electron chi connectivity index (χ3n) is 6.24. The van der Waals surface area contributed by atoms with Gasteiger partial charge in [-0.25, -0.2) is 0 Å². The molecule has 176 valence electrons. The van der Waals surface area contributed by atoms with Gasteiger partial charge in [0.1, 0.15) is 6.04 Å². The van der Waals surface area contributed by atoms with E-state index in [2.05, 4.69) is 10.6 Å². The molecule has 3 heterocycles.